The van der Waals surface area contributed by atoms with Gasteiger partial charge in [0.2, 0.25) is 5.91 Å². The highest BCUT2D eigenvalue weighted by atomic mass is 16.4. The fourth-order valence-corrected chi connectivity index (χ4v) is 2.42. The zero-order valence-electron chi connectivity index (χ0n) is 13.9. The van der Waals surface area contributed by atoms with Crippen molar-refractivity contribution in [2.24, 2.45) is 0 Å². The number of benzene rings is 2. The van der Waals surface area contributed by atoms with Gasteiger partial charge in [0.05, 0.1) is 16.5 Å². The number of hydrogen-bond donors (Lipinski definition) is 2. The number of fused-ring (bicyclic) bond motifs is 1. The zero-order valence-corrected chi connectivity index (χ0v) is 13.9. The highest BCUT2D eigenvalue weighted by molar-refractivity contribution is 6.02. The van der Waals surface area contributed by atoms with Crippen molar-refractivity contribution in [3.8, 4) is 0 Å². The molecule has 6 heteroatoms. The summed E-state index contributed by atoms with van der Waals surface area (Å²) >= 11 is 0. The molecule has 0 spiro atoms. The first-order valence-corrected chi connectivity index (χ1v) is 7.78. The Balaban J connectivity index is 1.78. The first kappa shape index (κ1) is 17.2. The molecule has 130 valence electrons. The molecule has 0 saturated carbocycles. The number of carboxylic acid groups (broad SMARTS) is 1. The van der Waals surface area contributed by atoms with Crippen molar-refractivity contribution in [3.63, 3.8) is 0 Å². The van der Waals surface area contributed by atoms with E-state index in [-0.39, 0.29) is 16.6 Å². The van der Waals surface area contributed by atoms with Crippen LogP contribution in [0.25, 0.3) is 17.0 Å². The van der Waals surface area contributed by atoms with Gasteiger partial charge >= 0.3 is 5.97 Å². The average Bonchev–Trinajstić information content (AvgIpc) is 2.62. The Labute approximate surface area is 148 Å². The van der Waals surface area contributed by atoms with Crippen molar-refractivity contribution < 1.29 is 19.1 Å². The molecule has 0 aliphatic heterocycles. The molecule has 0 saturated heterocycles. The van der Waals surface area contributed by atoms with Crippen molar-refractivity contribution in [1.82, 2.24) is 0 Å². The normalized spacial score (nSPS) is 11.0. The van der Waals surface area contributed by atoms with Gasteiger partial charge in [0.1, 0.15) is 11.8 Å². The molecule has 0 aliphatic rings. The number of nitrogens with one attached hydrogen (secondary N) is 1. The molecule has 1 heterocycles. The molecule has 0 bridgehead atoms. The summed E-state index contributed by atoms with van der Waals surface area (Å²) in [6.07, 6.45) is 3.92. The third-order valence-electron chi connectivity index (χ3n) is 3.77. The minimum absolute atomic E-state index is 0.127. The molecular formula is C20H15NO5. The first-order chi connectivity index (χ1) is 12.4. The van der Waals surface area contributed by atoms with E-state index in [9.17, 15) is 14.4 Å². The van der Waals surface area contributed by atoms with Crippen LogP contribution >= 0.6 is 0 Å². The van der Waals surface area contributed by atoms with Crippen molar-refractivity contribution in [1.29, 1.82) is 0 Å². The van der Waals surface area contributed by atoms with Crippen LogP contribution < -0.4 is 10.7 Å². The first-order valence-electron chi connectivity index (χ1n) is 7.78. The minimum Gasteiger partial charge on any atom is -0.478 e. The number of carboxylic acids is 1. The molecule has 6 nitrogen and oxygen atoms in total. The van der Waals surface area contributed by atoms with E-state index in [0.29, 0.717) is 16.7 Å². The van der Waals surface area contributed by atoms with Gasteiger partial charge < -0.3 is 14.8 Å². The Morgan fingerprint density at radius 2 is 1.85 bits per heavy atom. The summed E-state index contributed by atoms with van der Waals surface area (Å²) in [4.78, 5) is 35.2. The summed E-state index contributed by atoms with van der Waals surface area (Å²) in [6, 6.07) is 11.1. The fraction of sp³-hybridized carbons (Fsp3) is 0.0500. The summed E-state index contributed by atoms with van der Waals surface area (Å²) in [7, 11) is 0. The van der Waals surface area contributed by atoms with Crippen LogP contribution in [0.5, 0.6) is 0 Å². The van der Waals surface area contributed by atoms with Gasteiger partial charge in [-0.15, -0.1) is 0 Å². The lowest BCUT2D eigenvalue weighted by Crippen LogP contribution is -2.09. The molecule has 2 aromatic carbocycles. The van der Waals surface area contributed by atoms with Crippen LogP contribution in [-0.2, 0) is 4.79 Å². The molecule has 26 heavy (non-hydrogen) atoms. The van der Waals surface area contributed by atoms with Gasteiger partial charge in [-0.3, -0.25) is 9.59 Å². The van der Waals surface area contributed by atoms with Crippen molar-refractivity contribution in [2.75, 3.05) is 5.32 Å². The number of aromatic carboxylic acids is 1. The molecule has 0 unspecified atom stereocenters. The predicted molar refractivity (Wildman–Crippen MR) is 98.3 cm³/mol. The van der Waals surface area contributed by atoms with Gasteiger partial charge in [-0.25, -0.2) is 4.79 Å². The second-order valence-corrected chi connectivity index (χ2v) is 5.72. The van der Waals surface area contributed by atoms with E-state index in [1.807, 2.05) is 13.0 Å². The Bertz CT molecular complexity index is 1080. The van der Waals surface area contributed by atoms with Crippen LogP contribution in [0.1, 0.15) is 21.5 Å². The van der Waals surface area contributed by atoms with Crippen LogP contribution in [0, 0.1) is 6.92 Å². The summed E-state index contributed by atoms with van der Waals surface area (Å²) in [5.74, 6) is -1.49. The van der Waals surface area contributed by atoms with Crippen LogP contribution in [0.3, 0.4) is 0 Å². The summed E-state index contributed by atoms with van der Waals surface area (Å²) in [6.45, 7) is 1.88. The second-order valence-electron chi connectivity index (χ2n) is 5.72. The van der Waals surface area contributed by atoms with E-state index in [1.165, 1.54) is 42.7 Å². The van der Waals surface area contributed by atoms with Crippen LogP contribution in [0.2, 0.25) is 0 Å². The number of amides is 1. The zero-order chi connectivity index (χ0) is 18.7. The van der Waals surface area contributed by atoms with Gasteiger partial charge in [0.25, 0.3) is 0 Å². The number of hydrogen-bond acceptors (Lipinski definition) is 4. The lowest BCUT2D eigenvalue weighted by molar-refractivity contribution is -0.111. The van der Waals surface area contributed by atoms with Crippen LogP contribution in [0.4, 0.5) is 5.69 Å². The average molecular weight is 349 g/mol. The highest BCUT2D eigenvalue weighted by Crippen LogP contribution is 2.14. The fourth-order valence-electron chi connectivity index (χ4n) is 2.42. The number of aryl methyl sites for hydroxylation is 1. The smallest absolute Gasteiger partial charge is 0.335 e. The molecule has 2 N–H and O–H groups in total. The largest absolute Gasteiger partial charge is 0.478 e. The summed E-state index contributed by atoms with van der Waals surface area (Å²) in [5, 5.41) is 11.9. The lowest BCUT2D eigenvalue weighted by Gasteiger charge is -2.03. The van der Waals surface area contributed by atoms with Crippen molar-refractivity contribution >= 4 is 34.6 Å². The minimum atomic E-state index is -1.04. The molecule has 3 rings (SSSR count). The van der Waals surface area contributed by atoms with Crippen molar-refractivity contribution in [3.05, 3.63) is 81.7 Å². The SMILES string of the molecule is Cc1ccc2occ(/C=C/C(=O)Nc3ccc(C(=O)O)cc3)c(=O)c2c1. The van der Waals surface area contributed by atoms with E-state index in [4.69, 9.17) is 9.52 Å². The third-order valence-corrected chi connectivity index (χ3v) is 3.77. The Kier molecular flexibility index (Phi) is 4.66. The summed E-state index contributed by atoms with van der Waals surface area (Å²) < 4.78 is 5.43. The van der Waals surface area contributed by atoms with Gasteiger partial charge in [-0.2, -0.15) is 0 Å². The number of rotatable bonds is 4. The molecule has 0 atom stereocenters. The molecule has 0 aliphatic carbocycles. The van der Waals surface area contributed by atoms with Crippen molar-refractivity contribution in [2.45, 2.75) is 6.92 Å². The van der Waals surface area contributed by atoms with E-state index in [1.54, 1.807) is 12.1 Å². The number of carbonyl (C=O) groups is 2. The Morgan fingerprint density at radius 1 is 1.12 bits per heavy atom. The lowest BCUT2D eigenvalue weighted by atomic mass is 10.1. The second kappa shape index (κ2) is 7.06. The maximum Gasteiger partial charge on any atom is 0.335 e. The highest BCUT2D eigenvalue weighted by Gasteiger charge is 2.06. The van der Waals surface area contributed by atoms with E-state index >= 15 is 0 Å². The molecule has 3 aromatic rings. The third kappa shape index (κ3) is 3.70. The predicted octanol–water partition coefficient (Wildman–Crippen LogP) is 3.45. The number of carbonyl (C=O) groups excluding carboxylic acids is 1. The van der Waals surface area contributed by atoms with Crippen LogP contribution in [-0.4, -0.2) is 17.0 Å². The van der Waals surface area contributed by atoms with E-state index in [2.05, 4.69) is 5.32 Å². The standard InChI is InChI=1S/C20H15NO5/c1-12-2-8-17-16(10-12)19(23)14(11-26-17)5-9-18(22)21-15-6-3-13(4-7-15)20(24)25/h2-11H,1H3,(H,21,22)(H,24,25)/b9-5+. The molecular weight excluding hydrogens is 334 g/mol. The molecule has 1 amide bonds. The topological polar surface area (TPSA) is 96.6 Å². The quantitative estimate of drug-likeness (QED) is 0.703. The van der Waals surface area contributed by atoms with Gasteiger partial charge in [0.15, 0.2) is 5.43 Å². The Hall–Kier alpha value is -3.67. The molecule has 1 aromatic heterocycles. The van der Waals surface area contributed by atoms with E-state index in [0.717, 1.165) is 5.56 Å². The summed E-state index contributed by atoms with van der Waals surface area (Å²) in [5.41, 5.74) is 2.05. The van der Waals surface area contributed by atoms with Crippen LogP contribution in [0.15, 0.2) is 64.0 Å². The molecule has 0 radical (unpaired) electrons. The van der Waals surface area contributed by atoms with Gasteiger partial charge in [0, 0.05) is 11.8 Å². The molecule has 0 fully saturated rings. The number of anilines is 1. The maximum atomic E-state index is 12.5. The van der Waals surface area contributed by atoms with E-state index < -0.39 is 11.9 Å². The Morgan fingerprint density at radius 3 is 2.54 bits per heavy atom. The van der Waals surface area contributed by atoms with Gasteiger partial charge in [-0.1, -0.05) is 11.6 Å². The maximum absolute atomic E-state index is 12.5. The monoisotopic (exact) mass is 349 g/mol. The van der Waals surface area contributed by atoms with Gasteiger partial charge in [-0.05, 0) is 49.4 Å².